The summed E-state index contributed by atoms with van der Waals surface area (Å²) >= 11 is 6.04. The smallest absolute Gasteiger partial charge is 0.220 e. The van der Waals surface area contributed by atoms with Crippen LogP contribution in [0.5, 0.6) is 0 Å². The van der Waals surface area contributed by atoms with Gasteiger partial charge in [-0.25, -0.2) is 0 Å². The molecule has 2 N–H and O–H groups in total. The molecule has 27 heavy (non-hydrogen) atoms. The number of nitrogens with two attached hydrogens (primary N) is 1. The first-order valence-electron chi connectivity index (χ1n) is 8.54. The van der Waals surface area contributed by atoms with Gasteiger partial charge in [-0.15, -0.1) is 0 Å². The van der Waals surface area contributed by atoms with E-state index in [4.69, 9.17) is 26.9 Å². The van der Waals surface area contributed by atoms with Gasteiger partial charge in [0, 0.05) is 16.2 Å². The third-order valence-corrected chi connectivity index (χ3v) is 4.59. The average Bonchev–Trinajstić information content (AvgIpc) is 2.95. The van der Waals surface area contributed by atoms with Crippen LogP contribution in [0.2, 0.25) is 5.02 Å². The molecule has 1 aromatic heterocycles. The second kappa shape index (κ2) is 7.76. The predicted molar refractivity (Wildman–Crippen MR) is 108 cm³/mol. The van der Waals surface area contributed by atoms with Gasteiger partial charge in [0.1, 0.15) is 6.04 Å². The molecule has 2 heterocycles. The van der Waals surface area contributed by atoms with Gasteiger partial charge in [-0.05, 0) is 31.6 Å². The Morgan fingerprint density at radius 3 is 2.63 bits per heavy atom. The number of rotatable bonds is 5. The van der Waals surface area contributed by atoms with E-state index in [1.807, 2.05) is 38.1 Å². The number of primary amides is 1. The zero-order valence-electron chi connectivity index (χ0n) is 15.2. The molecule has 0 bridgehead atoms. The lowest BCUT2D eigenvalue weighted by Crippen LogP contribution is -2.15. The Hall–Kier alpha value is -2.92. The maximum atomic E-state index is 11.7. The van der Waals surface area contributed by atoms with Crippen molar-refractivity contribution in [1.29, 1.82) is 0 Å². The third kappa shape index (κ3) is 3.64. The van der Waals surface area contributed by atoms with Crippen molar-refractivity contribution in [2.24, 2.45) is 10.7 Å². The number of allylic oxidation sites excluding steroid dienone is 5. The maximum absolute atomic E-state index is 11.7. The normalized spacial score (nSPS) is 16.9. The standard InChI is InChI=1S/C21H20ClN3O2/c1-4-6-16-15(5-2)19-12(3)25-27-21(19)17(11-18(23)26)24-20(16)13-7-9-14(22)10-8-13/h4-10,17H,2,11H2,1,3H3,(H2,23,26)/b6-4-/t17-/m0/s1. The minimum Gasteiger partial charge on any atom is -0.370 e. The highest BCUT2D eigenvalue weighted by Crippen LogP contribution is 2.39. The highest BCUT2D eigenvalue weighted by Gasteiger charge is 2.31. The van der Waals surface area contributed by atoms with Gasteiger partial charge in [0.15, 0.2) is 5.76 Å². The number of hydrogen-bond acceptors (Lipinski definition) is 4. The molecule has 1 atom stereocenters. The number of aromatic nitrogens is 1. The van der Waals surface area contributed by atoms with Crippen LogP contribution < -0.4 is 5.73 Å². The van der Waals surface area contributed by atoms with Crippen molar-refractivity contribution in [2.45, 2.75) is 26.3 Å². The number of carbonyl (C=O) groups excluding carboxylic acids is 1. The third-order valence-electron chi connectivity index (χ3n) is 4.34. The topological polar surface area (TPSA) is 81.5 Å². The first-order chi connectivity index (χ1) is 13.0. The van der Waals surface area contributed by atoms with Crippen molar-refractivity contribution in [3.05, 3.63) is 82.2 Å². The molecule has 1 aliphatic rings. The van der Waals surface area contributed by atoms with Gasteiger partial charge in [0.2, 0.25) is 5.91 Å². The molecule has 0 aliphatic carbocycles. The van der Waals surface area contributed by atoms with E-state index < -0.39 is 11.9 Å². The van der Waals surface area contributed by atoms with Crippen molar-refractivity contribution < 1.29 is 9.32 Å². The van der Waals surface area contributed by atoms with Gasteiger partial charge >= 0.3 is 0 Å². The van der Waals surface area contributed by atoms with Crippen LogP contribution in [0.1, 0.15) is 42.0 Å². The summed E-state index contributed by atoms with van der Waals surface area (Å²) in [5.74, 6) is 0.0565. The van der Waals surface area contributed by atoms with E-state index in [0.717, 1.165) is 28.0 Å². The van der Waals surface area contributed by atoms with Crippen LogP contribution >= 0.6 is 11.6 Å². The van der Waals surface area contributed by atoms with Gasteiger partial charge in [-0.1, -0.05) is 53.7 Å². The van der Waals surface area contributed by atoms with Gasteiger partial charge in [-0.3, -0.25) is 9.79 Å². The van der Waals surface area contributed by atoms with Gasteiger partial charge < -0.3 is 10.3 Å². The largest absolute Gasteiger partial charge is 0.370 e. The molecule has 0 saturated heterocycles. The molecule has 1 aromatic carbocycles. The molecular formula is C21H20ClN3O2. The number of carbonyl (C=O) groups is 1. The minimum atomic E-state index is -0.568. The first-order valence-corrected chi connectivity index (χ1v) is 8.92. The molecular weight excluding hydrogens is 362 g/mol. The Morgan fingerprint density at radius 2 is 2.04 bits per heavy atom. The zero-order chi connectivity index (χ0) is 19.6. The molecule has 3 rings (SSSR count). The highest BCUT2D eigenvalue weighted by molar-refractivity contribution is 6.30. The summed E-state index contributed by atoms with van der Waals surface area (Å²) in [5.41, 5.74) is 10.3. The van der Waals surface area contributed by atoms with E-state index in [1.54, 1.807) is 18.2 Å². The number of amides is 1. The Morgan fingerprint density at radius 1 is 1.33 bits per heavy atom. The molecule has 2 aromatic rings. The van der Waals surface area contributed by atoms with Crippen LogP contribution in [0, 0.1) is 6.92 Å². The van der Waals surface area contributed by atoms with Crippen LogP contribution in [0.15, 0.2) is 64.2 Å². The molecule has 138 valence electrons. The zero-order valence-corrected chi connectivity index (χ0v) is 16.0. The van der Waals surface area contributed by atoms with E-state index in [9.17, 15) is 4.79 Å². The summed E-state index contributed by atoms with van der Waals surface area (Å²) in [6, 6.07) is 6.83. The summed E-state index contributed by atoms with van der Waals surface area (Å²) in [6.45, 7) is 7.76. The number of aliphatic imine (C=N–C) groups is 1. The van der Waals surface area contributed by atoms with Crippen molar-refractivity contribution in [3.8, 4) is 0 Å². The van der Waals surface area contributed by atoms with Crippen molar-refractivity contribution in [1.82, 2.24) is 5.16 Å². The number of benzene rings is 1. The molecule has 1 amide bonds. The number of hydrogen-bond donors (Lipinski definition) is 1. The monoisotopic (exact) mass is 381 g/mol. The highest BCUT2D eigenvalue weighted by atomic mass is 35.5. The molecule has 0 unspecified atom stereocenters. The number of fused-ring (bicyclic) bond motifs is 1. The first kappa shape index (κ1) is 18.9. The molecule has 0 radical (unpaired) electrons. The Kier molecular flexibility index (Phi) is 5.42. The molecule has 0 fully saturated rings. The van der Waals surface area contributed by atoms with Crippen LogP contribution in [0.3, 0.4) is 0 Å². The van der Waals surface area contributed by atoms with Crippen molar-refractivity contribution >= 4 is 28.8 Å². The number of halogens is 1. The summed E-state index contributed by atoms with van der Waals surface area (Å²) in [5, 5.41) is 4.71. The van der Waals surface area contributed by atoms with E-state index >= 15 is 0 Å². The van der Waals surface area contributed by atoms with Crippen LogP contribution in [0.4, 0.5) is 0 Å². The second-order valence-corrected chi connectivity index (χ2v) is 6.65. The molecule has 0 spiro atoms. The molecule has 0 saturated carbocycles. The minimum absolute atomic E-state index is 0.0201. The van der Waals surface area contributed by atoms with Crippen LogP contribution in [-0.4, -0.2) is 16.8 Å². The molecule has 1 aliphatic heterocycles. The van der Waals surface area contributed by atoms with E-state index in [0.29, 0.717) is 16.5 Å². The van der Waals surface area contributed by atoms with Crippen molar-refractivity contribution in [2.75, 3.05) is 0 Å². The SMILES string of the molecule is C=CC1=C(/C=C\C)C(c2ccc(Cl)cc2)=N[C@@H](CC(N)=O)c2onc(C)c21. The number of nitrogens with zero attached hydrogens (tertiary/aromatic N) is 2. The fourth-order valence-electron chi connectivity index (χ4n) is 3.20. The fraction of sp³-hybridized carbons (Fsp3) is 0.190. The Labute approximate surface area is 162 Å². The van der Waals surface area contributed by atoms with Gasteiger partial charge in [-0.2, -0.15) is 0 Å². The summed E-state index contributed by atoms with van der Waals surface area (Å²) in [4.78, 5) is 16.5. The summed E-state index contributed by atoms with van der Waals surface area (Å²) in [6.07, 6.45) is 5.68. The van der Waals surface area contributed by atoms with E-state index in [2.05, 4.69) is 11.7 Å². The van der Waals surface area contributed by atoms with E-state index in [-0.39, 0.29) is 6.42 Å². The van der Waals surface area contributed by atoms with Gasteiger partial charge in [0.25, 0.3) is 0 Å². The molecule has 5 nitrogen and oxygen atoms in total. The quantitative estimate of drug-likeness (QED) is 0.823. The lowest BCUT2D eigenvalue weighted by atomic mass is 9.92. The summed E-state index contributed by atoms with van der Waals surface area (Å²) in [7, 11) is 0. The second-order valence-electron chi connectivity index (χ2n) is 6.21. The molecule has 6 heteroatoms. The number of aryl methyl sites for hydroxylation is 1. The fourth-order valence-corrected chi connectivity index (χ4v) is 3.33. The van der Waals surface area contributed by atoms with Crippen LogP contribution in [-0.2, 0) is 4.79 Å². The Balaban J connectivity index is 2.34. The predicted octanol–water partition coefficient (Wildman–Crippen LogP) is 4.57. The maximum Gasteiger partial charge on any atom is 0.220 e. The average molecular weight is 382 g/mol. The Bertz CT molecular complexity index is 981. The lowest BCUT2D eigenvalue weighted by Gasteiger charge is -2.12. The summed E-state index contributed by atoms with van der Waals surface area (Å²) < 4.78 is 5.55. The van der Waals surface area contributed by atoms with E-state index in [1.165, 1.54) is 0 Å². The van der Waals surface area contributed by atoms with Gasteiger partial charge in [0.05, 0.1) is 23.4 Å². The van der Waals surface area contributed by atoms with Crippen LogP contribution in [0.25, 0.3) is 5.57 Å². The lowest BCUT2D eigenvalue weighted by molar-refractivity contribution is -0.118. The van der Waals surface area contributed by atoms with Crippen molar-refractivity contribution in [3.63, 3.8) is 0 Å².